The lowest BCUT2D eigenvalue weighted by Crippen LogP contribution is -2.49. The van der Waals surface area contributed by atoms with Gasteiger partial charge in [0.25, 0.3) is 5.91 Å². The molecule has 0 aliphatic carbocycles. The van der Waals surface area contributed by atoms with E-state index in [9.17, 15) is 4.79 Å². The van der Waals surface area contributed by atoms with Gasteiger partial charge >= 0.3 is 0 Å². The fourth-order valence-corrected chi connectivity index (χ4v) is 3.61. The molecule has 1 unspecified atom stereocenters. The van der Waals surface area contributed by atoms with Crippen molar-refractivity contribution in [1.29, 1.82) is 0 Å². The van der Waals surface area contributed by atoms with Gasteiger partial charge in [0.15, 0.2) is 0 Å². The van der Waals surface area contributed by atoms with Crippen LogP contribution in [-0.4, -0.2) is 36.6 Å². The van der Waals surface area contributed by atoms with Crippen LogP contribution in [0.5, 0.6) is 0 Å². The van der Waals surface area contributed by atoms with E-state index in [1.165, 1.54) is 16.7 Å². The molecule has 26 heavy (non-hydrogen) atoms. The van der Waals surface area contributed by atoms with Gasteiger partial charge in [-0.3, -0.25) is 9.69 Å². The molecule has 2 aliphatic rings. The number of nitrogens with zero attached hydrogens (tertiary/aromatic N) is 1. The van der Waals surface area contributed by atoms with Gasteiger partial charge in [-0.25, -0.2) is 0 Å². The van der Waals surface area contributed by atoms with Crippen LogP contribution in [0.1, 0.15) is 22.3 Å². The van der Waals surface area contributed by atoms with E-state index in [1.54, 1.807) is 0 Å². The summed E-state index contributed by atoms with van der Waals surface area (Å²) in [5.41, 5.74) is 5.09. The second-order valence-corrected chi connectivity index (χ2v) is 7.00. The second-order valence-electron chi connectivity index (χ2n) is 7.00. The summed E-state index contributed by atoms with van der Waals surface area (Å²) in [5.74, 6) is -0.0265. The third-order valence-electron chi connectivity index (χ3n) is 5.06. The third kappa shape index (κ3) is 4.12. The number of hydrogen-bond donors (Lipinski definition) is 2. The summed E-state index contributed by atoms with van der Waals surface area (Å²) in [5, 5.41) is 6.38. The summed E-state index contributed by atoms with van der Waals surface area (Å²) in [6.07, 6.45) is -0.399. The molecule has 0 bridgehead atoms. The first kappa shape index (κ1) is 17.2. The number of carbonyl (C=O) groups is 1. The molecule has 1 saturated heterocycles. The molecule has 2 aromatic carbocycles. The number of carbonyl (C=O) groups excluding carboxylic acids is 1. The Hall–Kier alpha value is -2.21. The van der Waals surface area contributed by atoms with Crippen molar-refractivity contribution >= 4 is 5.91 Å². The molecule has 2 N–H and O–H groups in total. The number of rotatable bonds is 5. The summed E-state index contributed by atoms with van der Waals surface area (Å²) >= 11 is 0. The summed E-state index contributed by atoms with van der Waals surface area (Å²) in [6.45, 7) is 5.34. The van der Waals surface area contributed by atoms with Crippen LogP contribution in [0, 0.1) is 0 Å². The van der Waals surface area contributed by atoms with Gasteiger partial charge < -0.3 is 15.4 Å². The van der Waals surface area contributed by atoms with E-state index < -0.39 is 6.10 Å². The molecule has 4 rings (SSSR count). The lowest BCUT2D eigenvalue weighted by molar-refractivity contribution is -0.139. The molecule has 5 heteroatoms. The number of fused-ring (bicyclic) bond motifs is 1. The zero-order valence-electron chi connectivity index (χ0n) is 14.9. The quantitative estimate of drug-likeness (QED) is 0.863. The summed E-state index contributed by atoms with van der Waals surface area (Å²) in [6, 6.07) is 16.8. The number of amides is 1. The maximum atomic E-state index is 12.5. The minimum absolute atomic E-state index is 0.0265. The van der Waals surface area contributed by atoms with E-state index in [0.717, 1.165) is 31.7 Å². The molecule has 0 radical (unpaired) electrons. The number of morpholine rings is 1. The van der Waals surface area contributed by atoms with Gasteiger partial charge in [-0.15, -0.1) is 0 Å². The van der Waals surface area contributed by atoms with E-state index >= 15 is 0 Å². The Morgan fingerprint density at radius 1 is 1.12 bits per heavy atom. The summed E-state index contributed by atoms with van der Waals surface area (Å²) < 4.78 is 5.71. The first-order valence-electron chi connectivity index (χ1n) is 9.25. The van der Waals surface area contributed by atoms with Gasteiger partial charge in [-0.05, 0) is 22.3 Å². The molecule has 1 amide bonds. The Bertz CT molecular complexity index is 763. The predicted octanol–water partition coefficient (Wildman–Crippen LogP) is 1.81. The summed E-state index contributed by atoms with van der Waals surface area (Å²) in [4.78, 5) is 14.8. The topological polar surface area (TPSA) is 53.6 Å². The van der Waals surface area contributed by atoms with Crippen molar-refractivity contribution in [3.63, 3.8) is 0 Å². The van der Waals surface area contributed by atoms with Gasteiger partial charge in [-0.1, -0.05) is 48.5 Å². The molecular formula is C21H25N3O2. The monoisotopic (exact) mass is 351 g/mol. The van der Waals surface area contributed by atoms with E-state index in [0.29, 0.717) is 19.7 Å². The summed E-state index contributed by atoms with van der Waals surface area (Å²) in [7, 11) is 0. The Kier molecular flexibility index (Phi) is 5.29. The van der Waals surface area contributed by atoms with E-state index in [4.69, 9.17) is 4.74 Å². The van der Waals surface area contributed by atoms with Crippen LogP contribution in [0.25, 0.3) is 0 Å². The van der Waals surface area contributed by atoms with E-state index in [1.807, 2.05) is 18.2 Å². The maximum Gasteiger partial charge on any atom is 0.250 e. The number of nitrogens with one attached hydrogen (secondary N) is 2. The fraction of sp³-hybridized carbons (Fsp3) is 0.381. The largest absolute Gasteiger partial charge is 0.366 e. The van der Waals surface area contributed by atoms with Crippen molar-refractivity contribution in [3.05, 3.63) is 70.8 Å². The van der Waals surface area contributed by atoms with Crippen molar-refractivity contribution in [1.82, 2.24) is 15.5 Å². The average Bonchev–Trinajstić information content (AvgIpc) is 3.15. The van der Waals surface area contributed by atoms with Gasteiger partial charge in [0, 0.05) is 39.3 Å². The van der Waals surface area contributed by atoms with Crippen LogP contribution in [0.2, 0.25) is 0 Å². The van der Waals surface area contributed by atoms with Crippen molar-refractivity contribution in [2.24, 2.45) is 0 Å². The molecule has 2 aliphatic heterocycles. The fourth-order valence-electron chi connectivity index (χ4n) is 3.61. The van der Waals surface area contributed by atoms with Crippen LogP contribution in [-0.2, 0) is 35.7 Å². The van der Waals surface area contributed by atoms with E-state index in [-0.39, 0.29) is 5.91 Å². The number of hydrogen-bond acceptors (Lipinski definition) is 4. The highest BCUT2D eigenvalue weighted by molar-refractivity contribution is 5.81. The highest BCUT2D eigenvalue weighted by atomic mass is 16.5. The van der Waals surface area contributed by atoms with Crippen LogP contribution in [0.3, 0.4) is 0 Å². The van der Waals surface area contributed by atoms with Gasteiger partial charge in [0.1, 0.15) is 6.10 Å². The number of benzene rings is 2. The van der Waals surface area contributed by atoms with Crippen molar-refractivity contribution < 1.29 is 9.53 Å². The smallest absolute Gasteiger partial charge is 0.250 e. The van der Waals surface area contributed by atoms with E-state index in [2.05, 4.69) is 45.9 Å². The molecular weight excluding hydrogens is 326 g/mol. The van der Waals surface area contributed by atoms with Gasteiger partial charge in [0.2, 0.25) is 0 Å². The zero-order chi connectivity index (χ0) is 17.8. The molecule has 1 atom stereocenters. The van der Waals surface area contributed by atoms with Crippen LogP contribution in [0.4, 0.5) is 0 Å². The Morgan fingerprint density at radius 2 is 1.96 bits per heavy atom. The van der Waals surface area contributed by atoms with Crippen molar-refractivity contribution in [2.45, 2.75) is 32.3 Å². The standard InChI is InChI=1S/C21H25N3O2/c25-21(23-11-17-6-7-18-12-22-13-19(18)10-17)20-15-24(8-9-26-20)14-16-4-2-1-3-5-16/h1-7,10,20,22H,8-9,11-15H2,(H,23,25). The normalized spacial score (nSPS) is 19.9. The van der Waals surface area contributed by atoms with Gasteiger partial charge in [0.05, 0.1) is 6.61 Å². The first-order chi connectivity index (χ1) is 12.8. The Morgan fingerprint density at radius 3 is 2.85 bits per heavy atom. The SMILES string of the molecule is O=C(NCc1ccc2c(c1)CNC2)C1CN(Cc2ccccc2)CCO1. The molecule has 0 saturated carbocycles. The molecule has 5 nitrogen and oxygen atoms in total. The average molecular weight is 351 g/mol. The molecule has 0 spiro atoms. The first-order valence-corrected chi connectivity index (χ1v) is 9.25. The highest BCUT2D eigenvalue weighted by Gasteiger charge is 2.26. The number of ether oxygens (including phenoxy) is 1. The molecule has 136 valence electrons. The third-order valence-corrected chi connectivity index (χ3v) is 5.06. The Labute approximate surface area is 154 Å². The lowest BCUT2D eigenvalue weighted by atomic mass is 10.1. The van der Waals surface area contributed by atoms with Crippen molar-refractivity contribution in [3.8, 4) is 0 Å². The maximum absolute atomic E-state index is 12.5. The molecule has 2 heterocycles. The predicted molar refractivity (Wildman–Crippen MR) is 100 cm³/mol. The minimum atomic E-state index is -0.399. The molecule has 1 fully saturated rings. The molecule has 2 aromatic rings. The molecule has 0 aromatic heterocycles. The lowest BCUT2D eigenvalue weighted by Gasteiger charge is -2.32. The van der Waals surface area contributed by atoms with Crippen molar-refractivity contribution in [2.75, 3.05) is 19.7 Å². The van der Waals surface area contributed by atoms with Crippen LogP contribution >= 0.6 is 0 Å². The van der Waals surface area contributed by atoms with Crippen LogP contribution < -0.4 is 10.6 Å². The Balaban J connectivity index is 1.30. The zero-order valence-corrected chi connectivity index (χ0v) is 14.9. The highest BCUT2D eigenvalue weighted by Crippen LogP contribution is 2.17. The van der Waals surface area contributed by atoms with Crippen LogP contribution in [0.15, 0.2) is 48.5 Å². The van der Waals surface area contributed by atoms with Gasteiger partial charge in [-0.2, -0.15) is 0 Å². The second kappa shape index (κ2) is 7.99. The minimum Gasteiger partial charge on any atom is -0.366 e.